The number of aryl methyl sites for hydroxylation is 1. The number of nitro benzene ring substituents is 1. The van der Waals surface area contributed by atoms with Gasteiger partial charge in [-0.2, -0.15) is 0 Å². The largest absolute Gasteiger partial charge is 0.324 e. The van der Waals surface area contributed by atoms with E-state index >= 15 is 0 Å². The van der Waals surface area contributed by atoms with Crippen molar-refractivity contribution in [1.82, 2.24) is 4.98 Å². The summed E-state index contributed by atoms with van der Waals surface area (Å²) in [4.78, 5) is 14.8. The van der Waals surface area contributed by atoms with E-state index in [4.69, 9.17) is 5.73 Å². The maximum absolute atomic E-state index is 10.8. The lowest BCUT2D eigenvalue weighted by atomic mass is 10.0. The zero-order valence-electron chi connectivity index (χ0n) is 10.8. The van der Waals surface area contributed by atoms with Crippen molar-refractivity contribution in [3.63, 3.8) is 0 Å². The number of pyridine rings is 1. The molecule has 5 nitrogen and oxygen atoms in total. The van der Waals surface area contributed by atoms with Gasteiger partial charge < -0.3 is 5.73 Å². The van der Waals surface area contributed by atoms with Gasteiger partial charge in [-0.15, -0.1) is 0 Å². The number of nitrogens with two attached hydrogens (primary N) is 1. The Morgan fingerprint density at radius 3 is 2.63 bits per heavy atom. The molecule has 2 rings (SSSR count). The van der Waals surface area contributed by atoms with Crippen LogP contribution in [0.1, 0.15) is 24.2 Å². The summed E-state index contributed by atoms with van der Waals surface area (Å²) >= 11 is 0. The van der Waals surface area contributed by atoms with E-state index in [0.717, 1.165) is 16.8 Å². The Kier molecular flexibility index (Phi) is 3.57. The van der Waals surface area contributed by atoms with Crippen LogP contribution in [-0.2, 0) is 0 Å². The molecule has 0 fully saturated rings. The number of hydrogen-bond acceptors (Lipinski definition) is 4. The molecule has 1 unspecified atom stereocenters. The number of hydrogen-bond donors (Lipinski definition) is 1. The molecule has 1 aromatic heterocycles. The van der Waals surface area contributed by atoms with Crippen LogP contribution in [-0.4, -0.2) is 9.91 Å². The van der Waals surface area contributed by atoms with Crippen LogP contribution in [0.25, 0.3) is 11.3 Å². The van der Waals surface area contributed by atoms with Crippen molar-refractivity contribution in [3.8, 4) is 11.3 Å². The van der Waals surface area contributed by atoms with E-state index in [2.05, 4.69) is 4.98 Å². The number of aromatic nitrogens is 1. The van der Waals surface area contributed by atoms with E-state index < -0.39 is 4.92 Å². The third kappa shape index (κ3) is 2.77. The highest BCUT2D eigenvalue weighted by Crippen LogP contribution is 2.24. The molecular formula is C14H15N3O2. The molecule has 5 heteroatoms. The van der Waals surface area contributed by atoms with Gasteiger partial charge in [-0.1, -0.05) is 18.2 Å². The van der Waals surface area contributed by atoms with Crippen molar-refractivity contribution in [2.75, 3.05) is 0 Å². The second kappa shape index (κ2) is 5.16. The van der Waals surface area contributed by atoms with Gasteiger partial charge in [-0.3, -0.25) is 15.1 Å². The van der Waals surface area contributed by atoms with Crippen molar-refractivity contribution in [1.29, 1.82) is 0 Å². The SMILES string of the molecule is Cc1nc(-c2cccc([N+](=O)[O-])c2)ccc1C(C)N. The van der Waals surface area contributed by atoms with E-state index in [1.807, 2.05) is 26.0 Å². The number of benzene rings is 1. The summed E-state index contributed by atoms with van der Waals surface area (Å²) in [5.41, 5.74) is 9.17. The first-order valence-corrected chi connectivity index (χ1v) is 5.97. The molecule has 1 atom stereocenters. The lowest BCUT2D eigenvalue weighted by molar-refractivity contribution is -0.384. The van der Waals surface area contributed by atoms with Crippen LogP contribution in [0.2, 0.25) is 0 Å². The van der Waals surface area contributed by atoms with E-state index in [1.54, 1.807) is 12.1 Å². The monoisotopic (exact) mass is 257 g/mol. The summed E-state index contributed by atoms with van der Waals surface area (Å²) in [6, 6.07) is 10.1. The molecule has 1 heterocycles. The van der Waals surface area contributed by atoms with Crippen LogP contribution in [0.5, 0.6) is 0 Å². The van der Waals surface area contributed by atoms with Crippen molar-refractivity contribution in [2.24, 2.45) is 5.73 Å². The van der Waals surface area contributed by atoms with E-state index in [9.17, 15) is 10.1 Å². The highest BCUT2D eigenvalue weighted by Gasteiger charge is 2.10. The first-order valence-electron chi connectivity index (χ1n) is 5.97. The average molecular weight is 257 g/mol. The van der Waals surface area contributed by atoms with E-state index in [-0.39, 0.29) is 11.7 Å². The quantitative estimate of drug-likeness (QED) is 0.676. The fourth-order valence-corrected chi connectivity index (χ4v) is 1.99. The first-order chi connectivity index (χ1) is 8.99. The van der Waals surface area contributed by atoms with Crippen molar-refractivity contribution in [3.05, 3.63) is 57.8 Å². The van der Waals surface area contributed by atoms with Crippen LogP contribution < -0.4 is 5.73 Å². The number of non-ortho nitro benzene ring substituents is 1. The fraction of sp³-hybridized carbons (Fsp3) is 0.214. The molecule has 98 valence electrons. The molecule has 0 radical (unpaired) electrons. The minimum absolute atomic E-state index is 0.0632. The third-order valence-corrected chi connectivity index (χ3v) is 2.97. The summed E-state index contributed by atoms with van der Waals surface area (Å²) in [7, 11) is 0. The molecule has 0 aliphatic heterocycles. The third-order valence-electron chi connectivity index (χ3n) is 2.97. The summed E-state index contributed by atoms with van der Waals surface area (Å²) in [5, 5.41) is 10.8. The minimum Gasteiger partial charge on any atom is -0.324 e. The van der Waals surface area contributed by atoms with Gasteiger partial charge >= 0.3 is 0 Å². The summed E-state index contributed by atoms with van der Waals surface area (Å²) < 4.78 is 0. The molecule has 0 saturated heterocycles. The maximum Gasteiger partial charge on any atom is 0.270 e. The number of nitrogens with zero attached hydrogens (tertiary/aromatic N) is 2. The molecular weight excluding hydrogens is 242 g/mol. The topological polar surface area (TPSA) is 82.0 Å². The second-order valence-corrected chi connectivity index (χ2v) is 4.47. The number of nitro groups is 1. The number of rotatable bonds is 3. The Morgan fingerprint density at radius 1 is 1.32 bits per heavy atom. The lowest BCUT2D eigenvalue weighted by Crippen LogP contribution is -2.08. The highest BCUT2D eigenvalue weighted by molar-refractivity contribution is 5.63. The predicted octanol–water partition coefficient (Wildman–Crippen LogP) is 2.98. The Hall–Kier alpha value is -2.27. The molecule has 0 bridgehead atoms. The Labute approximate surface area is 111 Å². The second-order valence-electron chi connectivity index (χ2n) is 4.47. The Bertz CT molecular complexity index is 624. The standard InChI is InChI=1S/C14H15N3O2/c1-9(15)13-6-7-14(16-10(13)2)11-4-3-5-12(8-11)17(18)19/h3-9H,15H2,1-2H3. The van der Waals surface area contributed by atoms with E-state index in [1.165, 1.54) is 12.1 Å². The van der Waals surface area contributed by atoms with Crippen LogP contribution in [0.15, 0.2) is 36.4 Å². The smallest absolute Gasteiger partial charge is 0.270 e. The van der Waals surface area contributed by atoms with Gasteiger partial charge in [-0.25, -0.2) is 0 Å². The average Bonchev–Trinajstić information content (AvgIpc) is 2.38. The molecule has 0 saturated carbocycles. The van der Waals surface area contributed by atoms with Gasteiger partial charge in [0, 0.05) is 29.4 Å². The van der Waals surface area contributed by atoms with Gasteiger partial charge in [0.15, 0.2) is 0 Å². The Balaban J connectivity index is 2.45. The molecule has 0 aliphatic carbocycles. The Morgan fingerprint density at radius 2 is 2.05 bits per heavy atom. The molecule has 0 amide bonds. The minimum atomic E-state index is -0.410. The van der Waals surface area contributed by atoms with Gasteiger partial charge in [0.1, 0.15) is 0 Å². The van der Waals surface area contributed by atoms with Crippen molar-refractivity contribution < 1.29 is 4.92 Å². The van der Waals surface area contributed by atoms with Crippen molar-refractivity contribution in [2.45, 2.75) is 19.9 Å². The van der Waals surface area contributed by atoms with Gasteiger partial charge in [-0.05, 0) is 25.5 Å². The summed E-state index contributed by atoms with van der Waals surface area (Å²) in [6.07, 6.45) is 0. The van der Waals surface area contributed by atoms with Gasteiger partial charge in [0.25, 0.3) is 5.69 Å². The molecule has 1 aromatic carbocycles. The maximum atomic E-state index is 10.8. The predicted molar refractivity (Wildman–Crippen MR) is 73.7 cm³/mol. The first kappa shape index (κ1) is 13.2. The van der Waals surface area contributed by atoms with Crippen LogP contribution >= 0.6 is 0 Å². The van der Waals surface area contributed by atoms with Crippen LogP contribution in [0.4, 0.5) is 5.69 Å². The van der Waals surface area contributed by atoms with Crippen LogP contribution in [0.3, 0.4) is 0 Å². The molecule has 2 N–H and O–H groups in total. The molecule has 0 spiro atoms. The zero-order valence-corrected chi connectivity index (χ0v) is 10.8. The highest BCUT2D eigenvalue weighted by atomic mass is 16.6. The molecule has 19 heavy (non-hydrogen) atoms. The van der Waals surface area contributed by atoms with Crippen LogP contribution in [0, 0.1) is 17.0 Å². The lowest BCUT2D eigenvalue weighted by Gasteiger charge is -2.10. The zero-order chi connectivity index (χ0) is 14.0. The summed E-state index contributed by atoms with van der Waals surface area (Å²) in [5.74, 6) is 0. The van der Waals surface area contributed by atoms with Crippen molar-refractivity contribution >= 4 is 5.69 Å². The van der Waals surface area contributed by atoms with Gasteiger partial charge in [0.2, 0.25) is 0 Å². The molecule has 0 aliphatic rings. The molecule has 2 aromatic rings. The van der Waals surface area contributed by atoms with Gasteiger partial charge in [0.05, 0.1) is 10.6 Å². The normalized spacial score (nSPS) is 12.2. The fourth-order valence-electron chi connectivity index (χ4n) is 1.99. The summed E-state index contributed by atoms with van der Waals surface area (Å²) in [6.45, 7) is 3.79. The van der Waals surface area contributed by atoms with E-state index in [0.29, 0.717) is 5.69 Å².